The molecule has 0 saturated heterocycles. The van der Waals surface area contributed by atoms with Crippen LogP contribution >= 0.6 is 0 Å². The van der Waals surface area contributed by atoms with Crippen molar-refractivity contribution in [2.45, 2.75) is 0 Å². The monoisotopic (exact) mass is 211 g/mol. The summed E-state index contributed by atoms with van der Waals surface area (Å²) in [6, 6.07) is 3.42. The van der Waals surface area contributed by atoms with E-state index in [1.165, 1.54) is 0 Å². The molecule has 0 amide bonds. The summed E-state index contributed by atoms with van der Waals surface area (Å²) in [4.78, 5) is 0. The minimum Gasteiger partial charge on any atom is -0.493 e. The summed E-state index contributed by atoms with van der Waals surface area (Å²) in [5.74, 6) is 2.38. The van der Waals surface area contributed by atoms with Gasteiger partial charge in [0, 0.05) is 12.1 Å². The average Bonchev–Trinajstić information content (AvgIpc) is 2.28. The highest BCUT2D eigenvalue weighted by atomic mass is 16.5. The Bertz CT molecular complexity index is 323. The minimum absolute atomic E-state index is 0.325. The smallest absolute Gasteiger partial charge is 0.165 e. The minimum atomic E-state index is 0.325. The number of ether oxygens (including phenoxy) is 4. The molecule has 0 atom stereocenters. The molecule has 1 radical (unpaired) electrons. The molecular formula is C11H15O4. The fourth-order valence-electron chi connectivity index (χ4n) is 1.22. The summed E-state index contributed by atoms with van der Waals surface area (Å²) >= 11 is 0. The van der Waals surface area contributed by atoms with Crippen LogP contribution in [0.25, 0.3) is 0 Å². The van der Waals surface area contributed by atoms with Gasteiger partial charge in [0.1, 0.15) is 0 Å². The van der Waals surface area contributed by atoms with Crippen LogP contribution < -0.4 is 18.9 Å². The Hall–Kier alpha value is -1.58. The Balaban J connectivity index is 3.15. The van der Waals surface area contributed by atoms with Crippen LogP contribution in [0, 0.1) is 6.92 Å². The van der Waals surface area contributed by atoms with E-state index in [9.17, 15) is 0 Å². The van der Waals surface area contributed by atoms with E-state index in [0.717, 1.165) is 0 Å². The van der Waals surface area contributed by atoms with Gasteiger partial charge in [-0.25, -0.2) is 0 Å². The predicted octanol–water partition coefficient (Wildman–Crippen LogP) is 1.93. The first-order valence-electron chi connectivity index (χ1n) is 4.48. The molecule has 1 aromatic carbocycles. The van der Waals surface area contributed by atoms with Crippen molar-refractivity contribution >= 4 is 0 Å². The first kappa shape index (κ1) is 11.5. The highest BCUT2D eigenvalue weighted by molar-refractivity contribution is 5.54. The molecule has 0 fully saturated rings. The van der Waals surface area contributed by atoms with Gasteiger partial charge < -0.3 is 18.9 Å². The van der Waals surface area contributed by atoms with Gasteiger partial charge in [-0.1, -0.05) is 0 Å². The summed E-state index contributed by atoms with van der Waals surface area (Å²) in [5.41, 5.74) is 0. The molecule has 15 heavy (non-hydrogen) atoms. The van der Waals surface area contributed by atoms with Crippen LogP contribution in [-0.4, -0.2) is 27.9 Å². The fourth-order valence-corrected chi connectivity index (χ4v) is 1.22. The van der Waals surface area contributed by atoms with E-state index in [4.69, 9.17) is 18.9 Å². The van der Waals surface area contributed by atoms with E-state index in [1.54, 1.807) is 33.5 Å². The van der Waals surface area contributed by atoms with Crippen molar-refractivity contribution in [3.8, 4) is 23.0 Å². The lowest BCUT2D eigenvalue weighted by molar-refractivity contribution is 0.311. The van der Waals surface area contributed by atoms with E-state index >= 15 is 0 Å². The first-order valence-corrected chi connectivity index (χ1v) is 4.48. The van der Waals surface area contributed by atoms with Crippen LogP contribution in [-0.2, 0) is 0 Å². The van der Waals surface area contributed by atoms with Crippen molar-refractivity contribution < 1.29 is 18.9 Å². The molecular weight excluding hydrogens is 196 g/mol. The predicted molar refractivity (Wildman–Crippen MR) is 57.0 cm³/mol. The molecule has 1 aromatic rings. The van der Waals surface area contributed by atoms with Gasteiger partial charge in [0.25, 0.3) is 0 Å². The lowest BCUT2D eigenvalue weighted by atomic mass is 10.2. The number of rotatable bonds is 5. The largest absolute Gasteiger partial charge is 0.493 e. The number of hydrogen-bond donors (Lipinski definition) is 0. The van der Waals surface area contributed by atoms with Crippen molar-refractivity contribution in [1.82, 2.24) is 0 Å². The fraction of sp³-hybridized carbons (Fsp3) is 0.364. The Kier molecular flexibility index (Phi) is 4.09. The second-order valence-electron chi connectivity index (χ2n) is 2.71. The summed E-state index contributed by atoms with van der Waals surface area (Å²) < 4.78 is 20.7. The van der Waals surface area contributed by atoms with Crippen LogP contribution in [0.2, 0.25) is 0 Å². The van der Waals surface area contributed by atoms with Gasteiger partial charge in [0.15, 0.2) is 23.0 Å². The quantitative estimate of drug-likeness (QED) is 0.745. The summed E-state index contributed by atoms with van der Waals surface area (Å²) in [7, 11) is 4.70. The number of hydrogen-bond acceptors (Lipinski definition) is 4. The van der Waals surface area contributed by atoms with Crippen LogP contribution in [0.5, 0.6) is 23.0 Å². The molecule has 4 nitrogen and oxygen atoms in total. The Morgan fingerprint density at radius 3 is 1.67 bits per heavy atom. The van der Waals surface area contributed by atoms with Gasteiger partial charge in [-0.3, -0.25) is 0 Å². The Labute approximate surface area is 89.7 Å². The van der Waals surface area contributed by atoms with E-state index in [1.807, 2.05) is 0 Å². The van der Waals surface area contributed by atoms with Gasteiger partial charge >= 0.3 is 0 Å². The zero-order chi connectivity index (χ0) is 11.3. The second-order valence-corrected chi connectivity index (χ2v) is 2.71. The molecule has 0 bridgehead atoms. The van der Waals surface area contributed by atoms with Gasteiger partial charge in [-0.15, -0.1) is 0 Å². The molecule has 0 aliphatic carbocycles. The van der Waals surface area contributed by atoms with Crippen molar-refractivity contribution in [1.29, 1.82) is 0 Å². The summed E-state index contributed by atoms with van der Waals surface area (Å²) in [5, 5.41) is 0. The second kappa shape index (κ2) is 5.34. The van der Waals surface area contributed by atoms with Crippen molar-refractivity contribution in [2.24, 2.45) is 0 Å². The molecule has 0 spiro atoms. The van der Waals surface area contributed by atoms with Crippen LogP contribution in [0.4, 0.5) is 0 Å². The van der Waals surface area contributed by atoms with Gasteiger partial charge in [0.05, 0.1) is 27.9 Å². The maximum Gasteiger partial charge on any atom is 0.165 e. The Morgan fingerprint density at radius 2 is 1.27 bits per heavy atom. The number of methoxy groups -OCH3 is 3. The molecule has 0 saturated carbocycles. The zero-order valence-corrected chi connectivity index (χ0v) is 9.20. The molecule has 0 heterocycles. The lowest BCUT2D eigenvalue weighted by Gasteiger charge is -2.13. The van der Waals surface area contributed by atoms with Gasteiger partial charge in [-0.05, 0) is 6.92 Å². The third-order valence-corrected chi connectivity index (χ3v) is 1.93. The standard InChI is InChI=1S/C11H15O4/c1-5-15-11-7-9(13-3)8(12-2)6-10(11)14-4/h6-7H,1,5H2,2-4H3. The van der Waals surface area contributed by atoms with Gasteiger partial charge in [-0.2, -0.15) is 0 Å². The molecule has 0 N–H and O–H groups in total. The van der Waals surface area contributed by atoms with E-state index < -0.39 is 0 Å². The zero-order valence-electron chi connectivity index (χ0n) is 9.20. The summed E-state index contributed by atoms with van der Waals surface area (Å²) in [6.45, 7) is 3.93. The van der Waals surface area contributed by atoms with Crippen LogP contribution in [0.1, 0.15) is 0 Å². The molecule has 4 heteroatoms. The average molecular weight is 211 g/mol. The molecule has 0 aromatic heterocycles. The molecule has 0 aliphatic heterocycles. The van der Waals surface area contributed by atoms with Crippen molar-refractivity contribution in [2.75, 3.05) is 27.9 Å². The van der Waals surface area contributed by atoms with Crippen molar-refractivity contribution in [3.63, 3.8) is 0 Å². The third-order valence-electron chi connectivity index (χ3n) is 1.93. The van der Waals surface area contributed by atoms with Crippen LogP contribution in [0.3, 0.4) is 0 Å². The molecule has 0 unspecified atom stereocenters. The lowest BCUT2D eigenvalue weighted by Crippen LogP contribution is -1.98. The van der Waals surface area contributed by atoms with Gasteiger partial charge in [0.2, 0.25) is 0 Å². The normalized spacial score (nSPS) is 9.60. The molecule has 0 aliphatic rings. The van der Waals surface area contributed by atoms with Crippen LogP contribution in [0.15, 0.2) is 12.1 Å². The van der Waals surface area contributed by atoms with E-state index in [-0.39, 0.29) is 0 Å². The SMILES string of the molecule is [CH2]COc1cc(OC)c(OC)cc1OC. The number of benzene rings is 1. The maximum absolute atomic E-state index is 5.30. The molecule has 1 rings (SSSR count). The third kappa shape index (κ3) is 2.46. The first-order chi connectivity index (χ1) is 7.26. The van der Waals surface area contributed by atoms with E-state index in [0.29, 0.717) is 29.6 Å². The topological polar surface area (TPSA) is 36.9 Å². The maximum atomic E-state index is 5.30. The highest BCUT2D eigenvalue weighted by Gasteiger charge is 2.12. The van der Waals surface area contributed by atoms with E-state index in [2.05, 4.69) is 6.92 Å². The molecule has 83 valence electrons. The Morgan fingerprint density at radius 1 is 0.867 bits per heavy atom. The highest BCUT2D eigenvalue weighted by Crippen LogP contribution is 2.39. The van der Waals surface area contributed by atoms with Crippen molar-refractivity contribution in [3.05, 3.63) is 19.1 Å². The summed E-state index contributed by atoms with van der Waals surface area (Å²) in [6.07, 6.45) is 0.